The molecule has 1 N–H and O–H groups in total. The summed E-state index contributed by atoms with van der Waals surface area (Å²) in [6.45, 7) is 4.19. The van der Waals surface area contributed by atoms with Crippen molar-refractivity contribution in [3.8, 4) is 0 Å². The van der Waals surface area contributed by atoms with Gasteiger partial charge in [-0.05, 0) is 11.5 Å². The maximum absolute atomic E-state index is 12.5. The molecule has 2 rings (SSSR count). The normalized spacial score (nSPS) is 18.0. The Morgan fingerprint density at radius 3 is 2.45 bits per heavy atom. The van der Waals surface area contributed by atoms with Crippen molar-refractivity contribution in [1.29, 1.82) is 0 Å². The third kappa shape index (κ3) is 2.82. The van der Waals surface area contributed by atoms with Crippen molar-refractivity contribution in [3.05, 3.63) is 35.9 Å². The lowest BCUT2D eigenvalue weighted by atomic mass is 9.85. The van der Waals surface area contributed by atoms with Crippen LogP contribution in [0.3, 0.4) is 0 Å². The van der Waals surface area contributed by atoms with Gasteiger partial charge in [-0.15, -0.1) is 0 Å². The predicted molar refractivity (Wildman–Crippen MR) is 72.8 cm³/mol. The van der Waals surface area contributed by atoms with E-state index in [9.17, 15) is 14.7 Å². The molecule has 2 amide bonds. The van der Waals surface area contributed by atoms with Gasteiger partial charge in [-0.1, -0.05) is 44.2 Å². The Kier molecular flexibility index (Phi) is 4.39. The predicted octanol–water partition coefficient (Wildman–Crippen LogP) is 1.97. The van der Waals surface area contributed by atoms with E-state index in [0.29, 0.717) is 5.56 Å². The van der Waals surface area contributed by atoms with Gasteiger partial charge >= 0.3 is 6.09 Å². The lowest BCUT2D eigenvalue weighted by Gasteiger charge is -2.28. The van der Waals surface area contributed by atoms with Crippen LogP contribution in [0.2, 0.25) is 0 Å². The molecule has 5 nitrogen and oxygen atoms in total. The zero-order valence-corrected chi connectivity index (χ0v) is 11.7. The molecule has 20 heavy (non-hydrogen) atoms. The monoisotopic (exact) mass is 277 g/mol. The Hall–Kier alpha value is -1.88. The molecule has 1 aromatic carbocycles. The summed E-state index contributed by atoms with van der Waals surface area (Å²) >= 11 is 0. The van der Waals surface area contributed by atoms with Crippen molar-refractivity contribution in [2.24, 2.45) is 11.8 Å². The number of aliphatic hydroxyl groups is 1. The van der Waals surface area contributed by atoms with Gasteiger partial charge in [0.05, 0.1) is 18.6 Å². The molecule has 0 aromatic heterocycles. The van der Waals surface area contributed by atoms with Crippen molar-refractivity contribution >= 4 is 12.0 Å². The van der Waals surface area contributed by atoms with E-state index in [1.54, 1.807) is 12.1 Å². The van der Waals surface area contributed by atoms with Crippen LogP contribution in [-0.2, 0) is 9.53 Å². The van der Waals surface area contributed by atoms with Gasteiger partial charge in [0.15, 0.2) is 0 Å². The Bertz CT molecular complexity index is 486. The van der Waals surface area contributed by atoms with Crippen LogP contribution in [-0.4, -0.2) is 35.2 Å². The number of ether oxygens (including phenoxy) is 1. The average molecular weight is 277 g/mol. The molecule has 1 aliphatic rings. The molecule has 0 bridgehead atoms. The number of rotatable bonds is 4. The SMILES string of the molecule is CC(C)[C@H](C(=O)N1CCOC1=O)[C@H](O)c1ccccc1. The molecule has 1 aromatic rings. The maximum Gasteiger partial charge on any atom is 0.416 e. The van der Waals surface area contributed by atoms with E-state index in [4.69, 9.17) is 4.74 Å². The van der Waals surface area contributed by atoms with Crippen LogP contribution in [0.1, 0.15) is 25.5 Å². The number of aliphatic hydroxyl groups excluding tert-OH is 1. The highest BCUT2D eigenvalue weighted by molar-refractivity contribution is 5.94. The first-order valence-corrected chi connectivity index (χ1v) is 6.73. The number of benzene rings is 1. The van der Waals surface area contributed by atoms with E-state index in [2.05, 4.69) is 0 Å². The zero-order chi connectivity index (χ0) is 14.7. The summed E-state index contributed by atoms with van der Waals surface area (Å²) in [4.78, 5) is 25.1. The fourth-order valence-corrected chi connectivity index (χ4v) is 2.42. The van der Waals surface area contributed by atoms with Crippen LogP contribution in [0.25, 0.3) is 0 Å². The number of carbonyl (C=O) groups excluding carboxylic acids is 2. The van der Waals surface area contributed by atoms with Gasteiger partial charge < -0.3 is 9.84 Å². The van der Waals surface area contributed by atoms with Crippen LogP contribution in [0, 0.1) is 11.8 Å². The van der Waals surface area contributed by atoms with E-state index in [1.807, 2.05) is 32.0 Å². The molecule has 1 aliphatic heterocycles. The topological polar surface area (TPSA) is 66.8 Å². The highest BCUT2D eigenvalue weighted by atomic mass is 16.6. The fourth-order valence-electron chi connectivity index (χ4n) is 2.42. The van der Waals surface area contributed by atoms with Crippen molar-refractivity contribution in [2.75, 3.05) is 13.2 Å². The molecular formula is C15H19NO4. The fraction of sp³-hybridized carbons (Fsp3) is 0.467. The Morgan fingerprint density at radius 1 is 1.30 bits per heavy atom. The molecule has 0 saturated carbocycles. The minimum absolute atomic E-state index is 0.0916. The first-order chi connectivity index (χ1) is 9.52. The van der Waals surface area contributed by atoms with Gasteiger partial charge in [-0.3, -0.25) is 4.79 Å². The molecule has 2 atom stereocenters. The lowest BCUT2D eigenvalue weighted by molar-refractivity contribution is -0.138. The number of cyclic esters (lactones) is 1. The largest absolute Gasteiger partial charge is 0.447 e. The number of hydrogen-bond donors (Lipinski definition) is 1. The van der Waals surface area contributed by atoms with Crippen LogP contribution < -0.4 is 0 Å². The number of hydrogen-bond acceptors (Lipinski definition) is 4. The number of nitrogens with zero attached hydrogens (tertiary/aromatic N) is 1. The summed E-state index contributed by atoms with van der Waals surface area (Å²) in [5.74, 6) is -1.13. The minimum Gasteiger partial charge on any atom is -0.447 e. The van der Waals surface area contributed by atoms with Crippen LogP contribution in [0.4, 0.5) is 4.79 Å². The molecule has 1 saturated heterocycles. The molecule has 1 heterocycles. The number of amides is 2. The number of carbonyl (C=O) groups is 2. The van der Waals surface area contributed by atoms with Gasteiger partial charge in [0, 0.05) is 0 Å². The second kappa shape index (κ2) is 6.05. The zero-order valence-electron chi connectivity index (χ0n) is 11.7. The average Bonchev–Trinajstić information content (AvgIpc) is 2.85. The second-order valence-corrected chi connectivity index (χ2v) is 5.23. The van der Waals surface area contributed by atoms with Crippen molar-refractivity contribution in [2.45, 2.75) is 20.0 Å². The lowest BCUT2D eigenvalue weighted by Crippen LogP contribution is -2.41. The Labute approximate surface area is 118 Å². The quantitative estimate of drug-likeness (QED) is 0.913. The van der Waals surface area contributed by atoms with Crippen molar-refractivity contribution in [3.63, 3.8) is 0 Å². The standard InChI is InChI=1S/C15H19NO4/c1-10(2)12(13(17)11-6-4-3-5-7-11)14(18)16-8-9-20-15(16)19/h3-7,10,12-13,17H,8-9H2,1-2H3/t12-,13+/m0/s1. The van der Waals surface area contributed by atoms with Gasteiger partial charge in [-0.2, -0.15) is 0 Å². The van der Waals surface area contributed by atoms with E-state index < -0.39 is 18.1 Å². The summed E-state index contributed by atoms with van der Waals surface area (Å²) in [7, 11) is 0. The highest BCUT2D eigenvalue weighted by Gasteiger charge is 2.39. The maximum atomic E-state index is 12.5. The summed E-state index contributed by atoms with van der Waals surface area (Å²) in [6.07, 6.45) is -1.56. The summed E-state index contributed by atoms with van der Waals surface area (Å²) < 4.78 is 4.79. The summed E-state index contributed by atoms with van der Waals surface area (Å²) in [5.41, 5.74) is 0.673. The summed E-state index contributed by atoms with van der Waals surface area (Å²) in [6, 6.07) is 9.01. The molecule has 0 aliphatic carbocycles. The molecule has 108 valence electrons. The van der Waals surface area contributed by atoms with Gasteiger partial charge in [-0.25, -0.2) is 9.69 Å². The van der Waals surface area contributed by atoms with Gasteiger partial charge in [0.25, 0.3) is 0 Å². The minimum atomic E-state index is -0.933. The molecule has 0 spiro atoms. The molecule has 0 unspecified atom stereocenters. The van der Waals surface area contributed by atoms with E-state index in [0.717, 1.165) is 4.90 Å². The van der Waals surface area contributed by atoms with Crippen molar-refractivity contribution < 1.29 is 19.4 Å². The third-order valence-corrected chi connectivity index (χ3v) is 3.51. The second-order valence-electron chi connectivity index (χ2n) is 5.23. The Balaban J connectivity index is 2.23. The molecule has 1 fully saturated rings. The molecule has 5 heteroatoms. The first-order valence-electron chi connectivity index (χ1n) is 6.73. The summed E-state index contributed by atoms with van der Waals surface area (Å²) in [5, 5.41) is 10.5. The van der Waals surface area contributed by atoms with E-state index in [1.165, 1.54) is 0 Å². The molecular weight excluding hydrogens is 258 g/mol. The first kappa shape index (κ1) is 14.5. The van der Waals surface area contributed by atoms with E-state index in [-0.39, 0.29) is 25.0 Å². The van der Waals surface area contributed by atoms with Gasteiger partial charge in [0.1, 0.15) is 6.61 Å². The molecule has 0 radical (unpaired) electrons. The Morgan fingerprint density at radius 2 is 1.95 bits per heavy atom. The van der Waals surface area contributed by atoms with Crippen LogP contribution in [0.5, 0.6) is 0 Å². The number of imide groups is 1. The van der Waals surface area contributed by atoms with Crippen LogP contribution >= 0.6 is 0 Å². The third-order valence-electron chi connectivity index (χ3n) is 3.51. The van der Waals surface area contributed by atoms with Crippen LogP contribution in [0.15, 0.2) is 30.3 Å². The van der Waals surface area contributed by atoms with E-state index >= 15 is 0 Å². The van der Waals surface area contributed by atoms with Crippen molar-refractivity contribution in [1.82, 2.24) is 4.90 Å². The highest BCUT2D eigenvalue weighted by Crippen LogP contribution is 2.30. The van der Waals surface area contributed by atoms with Gasteiger partial charge in [0.2, 0.25) is 5.91 Å². The smallest absolute Gasteiger partial charge is 0.416 e.